The number of ether oxygens (including phenoxy) is 2. The molecule has 1 aliphatic rings. The van der Waals surface area contributed by atoms with E-state index >= 15 is 0 Å². The number of esters is 2. The summed E-state index contributed by atoms with van der Waals surface area (Å²) in [5, 5.41) is 1.97. The summed E-state index contributed by atoms with van der Waals surface area (Å²) >= 11 is 0. The Hall–Kier alpha value is -1.92. The van der Waals surface area contributed by atoms with Crippen LogP contribution in [0, 0.1) is 0 Å². The van der Waals surface area contributed by atoms with Crippen LogP contribution in [-0.4, -0.2) is 48.4 Å². The molecule has 1 heterocycles. The second-order valence-electron chi connectivity index (χ2n) is 7.61. The lowest BCUT2D eigenvalue weighted by atomic mass is 9.80. The molecule has 1 aromatic carbocycles. The highest BCUT2D eigenvalue weighted by Crippen LogP contribution is 2.39. The lowest BCUT2D eigenvalue weighted by Gasteiger charge is -2.52. The number of piperidine rings is 1. The second kappa shape index (κ2) is 9.33. The van der Waals surface area contributed by atoms with Gasteiger partial charge in [-0.15, -0.1) is 0 Å². The van der Waals surface area contributed by atoms with Gasteiger partial charge in [-0.05, 0) is 52.0 Å². The van der Waals surface area contributed by atoms with E-state index in [4.69, 9.17) is 9.57 Å². The highest BCUT2D eigenvalue weighted by atomic mass is 16.7. The molecule has 6 nitrogen and oxygen atoms in total. The minimum Gasteiger partial charge on any atom is -0.465 e. The first-order valence-electron chi connectivity index (χ1n) is 8.34. The third-order valence-electron chi connectivity index (χ3n) is 4.55. The number of rotatable bonds is 4. The van der Waals surface area contributed by atoms with Gasteiger partial charge in [-0.3, -0.25) is 0 Å². The van der Waals surface area contributed by atoms with Gasteiger partial charge in [0, 0.05) is 23.9 Å². The number of hydrogen-bond acceptors (Lipinski definition) is 6. The van der Waals surface area contributed by atoms with Crippen LogP contribution in [0.1, 0.15) is 76.1 Å². The smallest absolute Gasteiger partial charge is 0.338 e. The van der Waals surface area contributed by atoms with Crippen molar-refractivity contribution in [1.29, 1.82) is 0 Å². The Morgan fingerprint density at radius 1 is 0.889 bits per heavy atom. The van der Waals surface area contributed by atoms with E-state index in [1.807, 2.05) is 5.06 Å². The minimum atomic E-state index is -0.435. The molecule has 0 unspecified atom stereocenters. The van der Waals surface area contributed by atoms with Gasteiger partial charge in [0.25, 0.3) is 0 Å². The average Bonchev–Trinajstić information content (AvgIpc) is 2.52. The first-order valence-corrected chi connectivity index (χ1v) is 8.34. The zero-order valence-corrected chi connectivity index (χ0v) is 15.8. The third-order valence-corrected chi connectivity index (χ3v) is 4.55. The van der Waals surface area contributed by atoms with Gasteiger partial charge < -0.3 is 14.3 Å². The molecule has 0 amide bonds. The van der Waals surface area contributed by atoms with E-state index < -0.39 is 5.97 Å². The van der Waals surface area contributed by atoms with Gasteiger partial charge in [-0.2, -0.15) is 5.06 Å². The molecule has 0 radical (unpaired) electrons. The van der Waals surface area contributed by atoms with Crippen LogP contribution in [0.2, 0.25) is 0 Å². The molecule has 27 heavy (non-hydrogen) atoms. The van der Waals surface area contributed by atoms with Gasteiger partial charge in [-0.25, -0.2) is 9.59 Å². The number of hydrogen-bond donors (Lipinski definition) is 0. The van der Waals surface area contributed by atoms with Crippen LogP contribution in [0.15, 0.2) is 24.3 Å². The van der Waals surface area contributed by atoms with E-state index in [0.29, 0.717) is 24.0 Å². The number of nitrogens with zero attached hydrogens (tertiary/aromatic N) is 1. The predicted octanol–water partition coefficient (Wildman–Crippen LogP) is 4.49. The molecule has 154 valence electrons. The average molecular weight is 382 g/mol. The Kier molecular flexibility index (Phi) is 8.67. The summed E-state index contributed by atoms with van der Waals surface area (Å²) in [6.45, 7) is 8.29. The lowest BCUT2D eigenvalue weighted by molar-refractivity contribution is -0.276. The van der Waals surface area contributed by atoms with Crippen molar-refractivity contribution >= 4 is 11.9 Å². The van der Waals surface area contributed by atoms with E-state index in [0.717, 1.165) is 0 Å². The van der Waals surface area contributed by atoms with Crippen molar-refractivity contribution < 1.29 is 23.9 Å². The molecular weight excluding hydrogens is 346 g/mol. The number of benzene rings is 1. The topological polar surface area (TPSA) is 65.1 Å². The number of hydroxylamine groups is 2. The van der Waals surface area contributed by atoms with Crippen molar-refractivity contribution in [2.45, 2.75) is 72.6 Å². The van der Waals surface area contributed by atoms with Crippen molar-refractivity contribution in [1.82, 2.24) is 5.06 Å². The zero-order chi connectivity index (χ0) is 18.8. The Morgan fingerprint density at radius 3 is 1.67 bits per heavy atom. The van der Waals surface area contributed by atoms with E-state index in [1.165, 1.54) is 7.11 Å². The van der Waals surface area contributed by atoms with Gasteiger partial charge in [0.2, 0.25) is 0 Å². The van der Waals surface area contributed by atoms with Crippen molar-refractivity contribution in [3.63, 3.8) is 0 Å². The molecule has 1 fully saturated rings. The fourth-order valence-corrected chi connectivity index (χ4v) is 3.83. The summed E-state index contributed by atoms with van der Waals surface area (Å²) in [6.07, 6.45) is 1.15. The van der Waals surface area contributed by atoms with E-state index in [-0.39, 0.29) is 38.0 Å². The maximum absolute atomic E-state index is 12.5. The monoisotopic (exact) mass is 381 g/mol. The molecule has 2 rings (SSSR count). The van der Waals surface area contributed by atoms with Crippen LogP contribution in [0.25, 0.3) is 0 Å². The lowest BCUT2D eigenvalue weighted by Crippen LogP contribution is -2.61. The molecule has 0 atom stereocenters. The first kappa shape index (κ1) is 25.1. The molecule has 6 heteroatoms. The second-order valence-corrected chi connectivity index (χ2v) is 7.61. The summed E-state index contributed by atoms with van der Waals surface area (Å²) in [5.41, 5.74) is 0.305. The van der Waals surface area contributed by atoms with Crippen LogP contribution in [0.4, 0.5) is 0 Å². The van der Waals surface area contributed by atoms with Crippen LogP contribution in [-0.2, 0) is 14.3 Å². The van der Waals surface area contributed by atoms with Crippen LogP contribution < -0.4 is 0 Å². The largest absolute Gasteiger partial charge is 0.465 e. The number of methoxy groups -OCH3 is 1. The molecule has 0 N–H and O–H groups in total. The molecule has 1 aromatic rings. The number of carbonyl (C=O) groups excluding carboxylic acids is 2. The van der Waals surface area contributed by atoms with Gasteiger partial charge >= 0.3 is 11.9 Å². The van der Waals surface area contributed by atoms with E-state index in [1.54, 1.807) is 31.4 Å². The van der Waals surface area contributed by atoms with E-state index in [9.17, 15) is 9.59 Å². The first-order chi connectivity index (χ1) is 11.6. The summed E-state index contributed by atoms with van der Waals surface area (Å²) < 4.78 is 10.4. The van der Waals surface area contributed by atoms with Crippen molar-refractivity contribution in [2.24, 2.45) is 0 Å². The SMILES string of the molecule is C.C.COC(=O)c1ccc(C(=O)OC2CC(C)(C)N(OC)C(C)(C)C2)cc1. The Labute approximate surface area is 163 Å². The Morgan fingerprint density at radius 2 is 1.30 bits per heavy atom. The zero-order valence-electron chi connectivity index (χ0n) is 15.8. The standard InChI is InChI=1S/C19H27NO5.2CH4/c1-18(2)11-15(12-19(3,4)20(18)24-6)25-17(22)14-9-7-13(8-10-14)16(21)23-5;;/h7-10,15H,11-12H2,1-6H3;2*1H4. The number of carbonyl (C=O) groups is 2. The van der Waals surface area contributed by atoms with Crippen LogP contribution in [0.5, 0.6) is 0 Å². The van der Waals surface area contributed by atoms with Gasteiger partial charge in [0.05, 0.1) is 25.3 Å². The van der Waals surface area contributed by atoms with Gasteiger partial charge in [0.15, 0.2) is 0 Å². The summed E-state index contributed by atoms with van der Waals surface area (Å²) in [7, 11) is 2.99. The van der Waals surface area contributed by atoms with Gasteiger partial charge in [-0.1, -0.05) is 14.9 Å². The Bertz CT molecular complexity index is 618. The van der Waals surface area contributed by atoms with Crippen molar-refractivity contribution in [3.05, 3.63) is 35.4 Å². The Balaban J connectivity index is 0.00000338. The van der Waals surface area contributed by atoms with Crippen LogP contribution in [0.3, 0.4) is 0 Å². The van der Waals surface area contributed by atoms with Crippen LogP contribution >= 0.6 is 0 Å². The highest BCUT2D eigenvalue weighted by molar-refractivity contribution is 5.93. The summed E-state index contributed by atoms with van der Waals surface area (Å²) in [6, 6.07) is 6.28. The molecule has 1 saturated heterocycles. The normalized spacial score (nSPS) is 18.6. The van der Waals surface area contributed by atoms with E-state index in [2.05, 4.69) is 32.4 Å². The predicted molar refractivity (Wildman–Crippen MR) is 107 cm³/mol. The van der Waals surface area contributed by atoms with Crippen molar-refractivity contribution in [3.8, 4) is 0 Å². The summed E-state index contributed by atoms with van der Waals surface area (Å²) in [4.78, 5) is 29.5. The molecule has 0 spiro atoms. The molecule has 1 aliphatic heterocycles. The molecule has 0 aromatic heterocycles. The van der Waals surface area contributed by atoms with Crippen molar-refractivity contribution in [2.75, 3.05) is 14.2 Å². The molecule has 0 saturated carbocycles. The summed E-state index contributed by atoms with van der Waals surface area (Å²) in [5.74, 6) is -0.825. The highest BCUT2D eigenvalue weighted by Gasteiger charge is 2.47. The molecule has 0 aliphatic carbocycles. The quantitative estimate of drug-likeness (QED) is 0.716. The minimum absolute atomic E-state index is 0. The molecular formula is C21H35NO5. The maximum atomic E-state index is 12.5. The molecule has 0 bridgehead atoms. The maximum Gasteiger partial charge on any atom is 0.338 e. The fraction of sp³-hybridized carbons (Fsp3) is 0.619. The van der Waals surface area contributed by atoms with Gasteiger partial charge in [0.1, 0.15) is 6.10 Å². The third kappa shape index (κ3) is 5.53. The fourth-order valence-electron chi connectivity index (χ4n) is 3.83.